The summed E-state index contributed by atoms with van der Waals surface area (Å²) < 4.78 is 0.922. The molecule has 0 radical (unpaired) electrons. The Balaban J connectivity index is 0.000000861. The van der Waals surface area contributed by atoms with Gasteiger partial charge >= 0.3 is 0 Å². The van der Waals surface area contributed by atoms with Crippen LogP contribution in [0.1, 0.15) is 19.4 Å². The summed E-state index contributed by atoms with van der Waals surface area (Å²) in [6.07, 6.45) is 3.39. The molecule has 5 heteroatoms. The Labute approximate surface area is 131 Å². The van der Waals surface area contributed by atoms with Crippen LogP contribution in [0.3, 0.4) is 0 Å². The van der Waals surface area contributed by atoms with Crippen LogP contribution in [0.5, 0.6) is 0 Å². The predicted molar refractivity (Wildman–Crippen MR) is 87.0 cm³/mol. The first kappa shape index (κ1) is 16.2. The van der Waals surface area contributed by atoms with Gasteiger partial charge in [0, 0.05) is 16.9 Å². The lowest BCUT2D eigenvalue weighted by molar-refractivity contribution is 1.26. The Morgan fingerprint density at radius 1 is 1.11 bits per heavy atom. The molecule has 2 rings (SSSR count). The molecule has 19 heavy (non-hydrogen) atoms. The number of aliphatic imine (C=N–C) groups is 1. The molecule has 0 saturated heterocycles. The molecule has 0 aliphatic rings. The quantitative estimate of drug-likeness (QED) is 0.610. The Bertz CT molecular complexity index is 554. The number of hydrogen-bond donors (Lipinski definition) is 0. The van der Waals surface area contributed by atoms with Crippen molar-refractivity contribution < 1.29 is 0 Å². The van der Waals surface area contributed by atoms with Gasteiger partial charge in [-0.05, 0) is 45.8 Å². The third kappa shape index (κ3) is 5.31. The lowest BCUT2D eigenvalue weighted by atomic mass is 10.2. The maximum Gasteiger partial charge on any atom is 0.151 e. The van der Waals surface area contributed by atoms with E-state index in [1.54, 1.807) is 24.5 Å². The summed E-state index contributed by atoms with van der Waals surface area (Å²) in [6.45, 7) is 4.00. The van der Waals surface area contributed by atoms with Gasteiger partial charge in [0.15, 0.2) is 5.82 Å². The van der Waals surface area contributed by atoms with Gasteiger partial charge in [0.2, 0.25) is 0 Å². The van der Waals surface area contributed by atoms with E-state index in [4.69, 9.17) is 23.2 Å². The average Bonchev–Trinajstić information content (AvgIpc) is 2.44. The largest absolute Gasteiger partial charge is 0.237 e. The third-order valence-corrected chi connectivity index (χ3v) is 3.21. The zero-order valence-corrected chi connectivity index (χ0v) is 13.7. The first-order valence-corrected chi connectivity index (χ1v) is 7.31. The number of hydrogen-bond acceptors (Lipinski definition) is 2. The van der Waals surface area contributed by atoms with E-state index in [0.717, 1.165) is 10.0 Å². The molecule has 0 fully saturated rings. The Morgan fingerprint density at radius 3 is 2.42 bits per heavy atom. The molecule has 0 amide bonds. The van der Waals surface area contributed by atoms with Gasteiger partial charge in [-0.3, -0.25) is 0 Å². The molecule has 0 atom stereocenters. The minimum absolute atomic E-state index is 0.513. The van der Waals surface area contributed by atoms with E-state index in [1.165, 1.54) is 0 Å². The van der Waals surface area contributed by atoms with Crippen LogP contribution in [-0.4, -0.2) is 11.2 Å². The van der Waals surface area contributed by atoms with Crippen molar-refractivity contribution in [2.45, 2.75) is 13.8 Å². The van der Waals surface area contributed by atoms with Crippen molar-refractivity contribution in [1.82, 2.24) is 4.98 Å². The number of nitrogens with zero attached hydrogens (tertiary/aromatic N) is 2. The summed E-state index contributed by atoms with van der Waals surface area (Å²) in [4.78, 5) is 8.36. The van der Waals surface area contributed by atoms with E-state index in [1.807, 2.05) is 32.0 Å². The normalized spacial score (nSPS) is 10.2. The van der Waals surface area contributed by atoms with E-state index in [-0.39, 0.29) is 0 Å². The van der Waals surface area contributed by atoms with Gasteiger partial charge in [0.05, 0.1) is 10.0 Å². The van der Waals surface area contributed by atoms with Gasteiger partial charge in [-0.2, -0.15) is 0 Å². The molecule has 0 aliphatic carbocycles. The van der Waals surface area contributed by atoms with Crippen LogP contribution in [0.25, 0.3) is 0 Å². The number of rotatable bonds is 2. The van der Waals surface area contributed by atoms with Gasteiger partial charge in [-0.1, -0.05) is 43.1 Å². The minimum atomic E-state index is 0.513. The molecule has 0 saturated carbocycles. The molecule has 100 valence electrons. The molecule has 0 aliphatic heterocycles. The number of halogens is 3. The van der Waals surface area contributed by atoms with E-state index < -0.39 is 0 Å². The molecule has 0 unspecified atom stereocenters. The van der Waals surface area contributed by atoms with E-state index in [0.29, 0.717) is 15.9 Å². The highest BCUT2D eigenvalue weighted by atomic mass is 79.9. The summed E-state index contributed by atoms with van der Waals surface area (Å²) in [5.74, 6) is 0.638. The Kier molecular flexibility index (Phi) is 7.06. The second-order valence-corrected chi connectivity index (χ2v) is 5.00. The number of aromatic nitrogens is 1. The lowest BCUT2D eigenvalue weighted by Gasteiger charge is -1.97. The van der Waals surface area contributed by atoms with Gasteiger partial charge in [-0.15, -0.1) is 0 Å². The molecule has 0 spiro atoms. The van der Waals surface area contributed by atoms with Gasteiger partial charge < -0.3 is 0 Å². The highest BCUT2D eigenvalue weighted by Gasteiger charge is 1.97. The Morgan fingerprint density at radius 2 is 1.84 bits per heavy atom. The fourth-order valence-corrected chi connectivity index (χ4v) is 1.72. The molecule has 2 aromatic rings. The van der Waals surface area contributed by atoms with E-state index in [9.17, 15) is 0 Å². The zero-order valence-electron chi connectivity index (χ0n) is 10.6. The molecule has 1 heterocycles. The third-order valence-electron chi connectivity index (χ3n) is 2.00. The van der Waals surface area contributed by atoms with Crippen LogP contribution in [0.4, 0.5) is 5.82 Å². The SMILES string of the molecule is CC.Clc1ccc(C=Nc2ccc(Br)cn2)cc1Cl. The zero-order chi connectivity index (χ0) is 14.3. The molecule has 1 aromatic heterocycles. The fourth-order valence-electron chi connectivity index (χ4n) is 1.18. The predicted octanol–water partition coefficient (Wildman–Crippen LogP) is 5.93. The van der Waals surface area contributed by atoms with Crippen LogP contribution in [-0.2, 0) is 0 Å². The summed E-state index contributed by atoms with van der Waals surface area (Å²) in [5.41, 5.74) is 0.879. The minimum Gasteiger partial charge on any atom is -0.237 e. The fraction of sp³-hybridized carbons (Fsp3) is 0.143. The van der Waals surface area contributed by atoms with Gasteiger partial charge in [-0.25, -0.2) is 9.98 Å². The smallest absolute Gasteiger partial charge is 0.151 e. The van der Waals surface area contributed by atoms with Crippen LogP contribution in [0.2, 0.25) is 10.0 Å². The van der Waals surface area contributed by atoms with Crippen molar-refractivity contribution in [3.8, 4) is 0 Å². The average molecular weight is 360 g/mol. The van der Waals surface area contributed by atoms with Crippen LogP contribution in [0, 0.1) is 0 Å². The van der Waals surface area contributed by atoms with Gasteiger partial charge in [0.1, 0.15) is 0 Å². The molecule has 1 aromatic carbocycles. The lowest BCUT2D eigenvalue weighted by Crippen LogP contribution is -1.81. The first-order valence-electron chi connectivity index (χ1n) is 5.76. The summed E-state index contributed by atoms with van der Waals surface area (Å²) in [5, 5.41) is 1.05. The van der Waals surface area contributed by atoms with Crippen LogP contribution in [0.15, 0.2) is 46.0 Å². The monoisotopic (exact) mass is 358 g/mol. The molecular formula is C14H13BrCl2N2. The van der Waals surface area contributed by atoms with Crippen molar-refractivity contribution in [2.75, 3.05) is 0 Å². The van der Waals surface area contributed by atoms with Crippen LogP contribution < -0.4 is 0 Å². The van der Waals surface area contributed by atoms with E-state index >= 15 is 0 Å². The maximum absolute atomic E-state index is 5.90. The standard InChI is InChI=1S/C12H7BrCl2N2.C2H6/c13-9-2-4-12(17-7-9)16-6-8-1-3-10(14)11(15)5-8;1-2/h1-7H;1-2H3. The second-order valence-electron chi connectivity index (χ2n) is 3.27. The van der Waals surface area contributed by atoms with Gasteiger partial charge in [0.25, 0.3) is 0 Å². The highest BCUT2D eigenvalue weighted by molar-refractivity contribution is 9.10. The molecule has 0 bridgehead atoms. The first-order chi connectivity index (χ1) is 9.15. The topological polar surface area (TPSA) is 25.2 Å². The van der Waals surface area contributed by atoms with Crippen molar-refractivity contribution in [2.24, 2.45) is 4.99 Å². The number of pyridine rings is 1. The Hall–Kier alpha value is -0.900. The maximum atomic E-state index is 5.90. The summed E-state index contributed by atoms with van der Waals surface area (Å²) in [7, 11) is 0. The van der Waals surface area contributed by atoms with Crippen molar-refractivity contribution in [1.29, 1.82) is 0 Å². The molecule has 0 N–H and O–H groups in total. The van der Waals surface area contributed by atoms with Crippen molar-refractivity contribution in [3.63, 3.8) is 0 Å². The van der Waals surface area contributed by atoms with Crippen molar-refractivity contribution in [3.05, 3.63) is 56.6 Å². The second kappa shape index (κ2) is 8.31. The number of benzene rings is 1. The summed E-state index contributed by atoms with van der Waals surface area (Å²) >= 11 is 15.0. The van der Waals surface area contributed by atoms with Crippen molar-refractivity contribution >= 4 is 51.2 Å². The molecule has 2 nitrogen and oxygen atoms in total. The van der Waals surface area contributed by atoms with Crippen LogP contribution >= 0.6 is 39.1 Å². The molecular weight excluding hydrogens is 347 g/mol. The van der Waals surface area contributed by atoms with E-state index in [2.05, 4.69) is 25.9 Å². The summed E-state index contributed by atoms with van der Waals surface area (Å²) in [6, 6.07) is 9.04. The highest BCUT2D eigenvalue weighted by Crippen LogP contribution is 2.22.